The van der Waals surface area contributed by atoms with Crippen molar-refractivity contribution in [2.24, 2.45) is 5.73 Å². The van der Waals surface area contributed by atoms with Gasteiger partial charge in [-0.15, -0.1) is 0 Å². The number of halogens is 1. The number of hydrogen-bond donors (Lipinski definition) is 1. The van der Waals surface area contributed by atoms with E-state index in [2.05, 4.69) is 66.1 Å². The maximum atomic E-state index is 6.48. The van der Waals surface area contributed by atoms with E-state index in [1.54, 1.807) is 0 Å². The van der Waals surface area contributed by atoms with Crippen LogP contribution in [-0.2, 0) is 5.54 Å². The van der Waals surface area contributed by atoms with Crippen molar-refractivity contribution in [2.75, 3.05) is 53.9 Å². The largest absolute Gasteiger partial charge is 0.373 e. The molecular weight excluding hydrogens is 490 g/mol. The zero-order valence-electron chi connectivity index (χ0n) is 23.8. The van der Waals surface area contributed by atoms with E-state index in [1.807, 2.05) is 51.4 Å². The summed E-state index contributed by atoms with van der Waals surface area (Å²) in [5, 5.41) is 1.64. The van der Waals surface area contributed by atoms with Gasteiger partial charge >= 0.3 is 0 Å². The van der Waals surface area contributed by atoms with Gasteiger partial charge in [0.2, 0.25) is 0 Å². The average Bonchev–Trinajstić information content (AvgIpc) is 2.88. The van der Waals surface area contributed by atoms with Crippen LogP contribution in [0.5, 0.6) is 0 Å². The van der Waals surface area contributed by atoms with Crippen LogP contribution in [0.1, 0.15) is 37.8 Å². The molecule has 5 nitrogen and oxygen atoms in total. The number of pyridine rings is 1. The highest BCUT2D eigenvalue weighted by atomic mass is 35.5. The third-order valence-electron chi connectivity index (χ3n) is 6.99. The Morgan fingerprint density at radius 1 is 1.11 bits per heavy atom. The normalized spacial score (nSPS) is 15.6. The molecule has 1 unspecified atom stereocenters. The first-order chi connectivity index (χ1) is 18.0. The lowest BCUT2D eigenvalue weighted by molar-refractivity contribution is 0.183. The summed E-state index contributed by atoms with van der Waals surface area (Å²) >= 11 is 6.48. The van der Waals surface area contributed by atoms with Crippen molar-refractivity contribution < 1.29 is 0 Å². The molecule has 1 fully saturated rings. The fourth-order valence-corrected chi connectivity index (χ4v) is 5.08. The number of nitrogens with two attached hydrogens (primary N) is 1. The molecule has 1 aliphatic rings. The molecule has 4 rings (SSSR count). The Bertz CT molecular complexity index is 1220. The molecule has 0 bridgehead atoms. The predicted molar refractivity (Wildman–Crippen MR) is 165 cm³/mol. The molecule has 2 heterocycles. The van der Waals surface area contributed by atoms with Gasteiger partial charge < -0.3 is 20.4 Å². The van der Waals surface area contributed by atoms with E-state index in [0.717, 1.165) is 59.3 Å². The van der Waals surface area contributed by atoms with Gasteiger partial charge in [-0.1, -0.05) is 80.6 Å². The third kappa shape index (κ3) is 7.90. The van der Waals surface area contributed by atoms with Crippen molar-refractivity contribution in [2.45, 2.75) is 32.2 Å². The molecule has 1 aliphatic heterocycles. The number of nitrogens with zero attached hydrogens (tertiary/aromatic N) is 4. The van der Waals surface area contributed by atoms with Gasteiger partial charge in [0.1, 0.15) is 0 Å². The lowest BCUT2D eigenvalue weighted by Gasteiger charge is -2.35. The van der Waals surface area contributed by atoms with Crippen molar-refractivity contribution >= 4 is 28.6 Å². The van der Waals surface area contributed by atoms with Crippen LogP contribution in [0.4, 0.5) is 0 Å². The van der Waals surface area contributed by atoms with E-state index in [-0.39, 0.29) is 0 Å². The molecule has 0 radical (unpaired) electrons. The summed E-state index contributed by atoms with van der Waals surface area (Å²) in [5.74, 6) is 0. The monoisotopic (exact) mass is 533 g/mol. The minimum Gasteiger partial charge on any atom is -0.373 e. The van der Waals surface area contributed by atoms with E-state index in [0.29, 0.717) is 5.02 Å². The lowest BCUT2D eigenvalue weighted by atomic mass is 9.91. The Hall–Kier alpha value is -2.70. The van der Waals surface area contributed by atoms with Crippen LogP contribution < -0.4 is 5.73 Å². The molecule has 1 saturated heterocycles. The van der Waals surface area contributed by atoms with Gasteiger partial charge in [-0.05, 0) is 57.7 Å². The maximum Gasteiger partial charge on any atom is 0.0730 e. The molecule has 1 aromatic heterocycles. The zero-order chi connectivity index (χ0) is 27.9. The number of hydrogen-bond acceptors (Lipinski definition) is 5. The number of fused-ring (bicyclic) bond motifs is 1. The van der Waals surface area contributed by atoms with Gasteiger partial charge in [0, 0.05) is 49.4 Å². The van der Waals surface area contributed by atoms with Crippen molar-refractivity contribution in [3.63, 3.8) is 0 Å². The van der Waals surface area contributed by atoms with Gasteiger partial charge in [-0.2, -0.15) is 0 Å². The fourth-order valence-electron chi connectivity index (χ4n) is 4.82. The second-order valence-corrected chi connectivity index (χ2v) is 11.2. The fraction of sp³-hybridized carbons (Fsp3) is 0.406. The van der Waals surface area contributed by atoms with Gasteiger partial charge in [-0.3, -0.25) is 0 Å². The van der Waals surface area contributed by atoms with Gasteiger partial charge in [0.15, 0.2) is 0 Å². The molecule has 204 valence electrons. The molecule has 2 aromatic carbocycles. The first-order valence-corrected chi connectivity index (χ1v) is 13.8. The SMILES string of the molecule is C=C(CCC)N1CCN(C)CC1.C=Cc1ccc2c(Cl)cc(-c3ccc(C(C)(N)CN(C)C)cc3)nc2c1. The molecule has 1 atom stereocenters. The lowest BCUT2D eigenvalue weighted by Crippen LogP contribution is -2.43. The number of allylic oxidation sites excluding steroid dienone is 1. The minimum atomic E-state index is -0.407. The van der Waals surface area contributed by atoms with E-state index < -0.39 is 5.54 Å². The van der Waals surface area contributed by atoms with E-state index in [4.69, 9.17) is 22.3 Å². The van der Waals surface area contributed by atoms with Crippen molar-refractivity contribution in [1.29, 1.82) is 0 Å². The van der Waals surface area contributed by atoms with Gasteiger partial charge in [0.05, 0.1) is 21.8 Å². The number of aromatic nitrogens is 1. The van der Waals surface area contributed by atoms with Crippen LogP contribution in [-0.4, -0.2) is 73.6 Å². The van der Waals surface area contributed by atoms with Crippen LogP contribution >= 0.6 is 11.6 Å². The highest BCUT2D eigenvalue weighted by molar-refractivity contribution is 6.35. The molecule has 38 heavy (non-hydrogen) atoms. The Kier molecular flexibility index (Phi) is 10.5. The summed E-state index contributed by atoms with van der Waals surface area (Å²) in [7, 11) is 6.23. The number of piperazine rings is 1. The zero-order valence-corrected chi connectivity index (χ0v) is 24.6. The van der Waals surface area contributed by atoms with Crippen LogP contribution in [0.15, 0.2) is 67.4 Å². The van der Waals surface area contributed by atoms with E-state index in [1.165, 1.54) is 25.2 Å². The summed E-state index contributed by atoms with van der Waals surface area (Å²) in [6.07, 6.45) is 4.18. The highest BCUT2D eigenvalue weighted by Gasteiger charge is 2.22. The first kappa shape index (κ1) is 29.9. The summed E-state index contributed by atoms with van der Waals surface area (Å²) in [5.41, 5.74) is 12.2. The Morgan fingerprint density at radius 3 is 2.34 bits per heavy atom. The molecule has 2 N–H and O–H groups in total. The smallest absolute Gasteiger partial charge is 0.0730 e. The Balaban J connectivity index is 0.000000279. The number of rotatable bonds is 8. The molecule has 6 heteroatoms. The first-order valence-electron chi connectivity index (χ1n) is 13.4. The summed E-state index contributed by atoms with van der Waals surface area (Å²) in [6, 6.07) is 16.1. The molecule has 0 saturated carbocycles. The summed E-state index contributed by atoms with van der Waals surface area (Å²) in [6.45, 7) is 17.6. The standard InChI is InChI=1S/C22H24ClN3.C10H20N2/c1-5-15-6-11-18-19(23)13-20(25-21(18)12-15)16-7-9-17(10-8-16)22(2,24)14-26(3)4;1-4-5-10(2)12-8-6-11(3)7-9-12/h5-13H,1,14,24H2,2-4H3;2,4-9H2,1,3H3. The predicted octanol–water partition coefficient (Wildman–Crippen LogP) is 6.48. The Labute approximate surface area is 234 Å². The summed E-state index contributed by atoms with van der Waals surface area (Å²) < 4.78 is 0. The van der Waals surface area contributed by atoms with Crippen molar-refractivity contribution in [1.82, 2.24) is 19.7 Å². The maximum absolute atomic E-state index is 6.48. The summed E-state index contributed by atoms with van der Waals surface area (Å²) in [4.78, 5) is 11.7. The number of benzene rings is 2. The van der Waals surface area contributed by atoms with Crippen molar-refractivity contribution in [3.05, 3.63) is 83.5 Å². The topological polar surface area (TPSA) is 48.6 Å². The van der Waals surface area contributed by atoms with E-state index in [9.17, 15) is 0 Å². The third-order valence-corrected chi connectivity index (χ3v) is 7.31. The number of likely N-dealkylation sites (N-methyl/N-ethyl adjacent to an activating group) is 2. The van der Waals surface area contributed by atoms with Crippen LogP contribution in [0.2, 0.25) is 5.02 Å². The van der Waals surface area contributed by atoms with Gasteiger partial charge in [-0.25, -0.2) is 4.98 Å². The van der Waals surface area contributed by atoms with Crippen LogP contribution in [0.25, 0.3) is 28.2 Å². The van der Waals surface area contributed by atoms with Crippen LogP contribution in [0.3, 0.4) is 0 Å². The average molecular weight is 534 g/mol. The van der Waals surface area contributed by atoms with Crippen molar-refractivity contribution in [3.8, 4) is 11.3 Å². The molecule has 0 aliphatic carbocycles. The Morgan fingerprint density at radius 2 is 1.76 bits per heavy atom. The second-order valence-electron chi connectivity index (χ2n) is 10.8. The molecule has 0 spiro atoms. The minimum absolute atomic E-state index is 0.407. The highest BCUT2D eigenvalue weighted by Crippen LogP contribution is 2.30. The molecule has 0 amide bonds. The van der Waals surface area contributed by atoms with Gasteiger partial charge in [0.25, 0.3) is 0 Å². The quantitative estimate of drug-likeness (QED) is 0.359. The van der Waals surface area contributed by atoms with Crippen LogP contribution in [0, 0.1) is 0 Å². The van der Waals surface area contributed by atoms with E-state index >= 15 is 0 Å². The molecule has 3 aromatic rings. The molecular formula is C32H44ClN5. The second kappa shape index (κ2) is 13.4.